The lowest BCUT2D eigenvalue weighted by Gasteiger charge is -2.36. The fraction of sp³-hybridized carbons (Fsp3) is 0.429. The van der Waals surface area contributed by atoms with Crippen molar-refractivity contribution in [2.45, 2.75) is 38.6 Å². The molecule has 1 saturated heterocycles. The van der Waals surface area contributed by atoms with E-state index in [0.29, 0.717) is 53.8 Å². The van der Waals surface area contributed by atoms with Gasteiger partial charge in [0.05, 0.1) is 13.1 Å². The zero-order valence-electron chi connectivity index (χ0n) is 16.6. The van der Waals surface area contributed by atoms with E-state index in [2.05, 4.69) is 10.2 Å². The van der Waals surface area contributed by atoms with Gasteiger partial charge in [-0.15, -0.1) is 0 Å². The average molecular weight is 457 g/mol. The summed E-state index contributed by atoms with van der Waals surface area (Å²) < 4.78 is 25.7. The second-order valence-corrected chi connectivity index (χ2v) is 8.29. The van der Waals surface area contributed by atoms with Crippen LogP contribution in [0.2, 0.25) is 10.0 Å². The van der Waals surface area contributed by atoms with E-state index in [0.717, 1.165) is 5.76 Å². The Morgan fingerprint density at radius 2 is 1.80 bits per heavy atom. The number of amides is 1. The molecule has 1 aliphatic rings. The van der Waals surface area contributed by atoms with Crippen LogP contribution in [-0.2, 0) is 22.7 Å². The highest BCUT2D eigenvalue weighted by atomic mass is 35.5. The van der Waals surface area contributed by atoms with Crippen molar-refractivity contribution >= 4 is 35.1 Å². The summed E-state index contributed by atoms with van der Waals surface area (Å²) in [6.45, 7) is 2.99. The highest BCUT2D eigenvalue weighted by molar-refractivity contribution is 6.35. The Labute approximate surface area is 184 Å². The van der Waals surface area contributed by atoms with Crippen molar-refractivity contribution in [3.63, 3.8) is 0 Å². The molecule has 162 valence electrons. The smallest absolute Gasteiger partial charge is 0.303 e. The van der Waals surface area contributed by atoms with Crippen LogP contribution in [0.1, 0.15) is 41.6 Å². The van der Waals surface area contributed by atoms with E-state index in [1.165, 1.54) is 25.1 Å². The van der Waals surface area contributed by atoms with E-state index >= 15 is 4.39 Å². The van der Waals surface area contributed by atoms with Crippen molar-refractivity contribution in [1.29, 1.82) is 0 Å². The van der Waals surface area contributed by atoms with Crippen LogP contribution in [0.5, 0.6) is 0 Å². The minimum absolute atomic E-state index is 0.0723. The zero-order chi connectivity index (χ0) is 21.7. The van der Waals surface area contributed by atoms with E-state index < -0.39 is 11.6 Å². The first-order chi connectivity index (χ1) is 14.2. The van der Waals surface area contributed by atoms with Crippen LogP contribution in [0.25, 0.3) is 0 Å². The molecule has 0 unspecified atom stereocenters. The average Bonchev–Trinajstić information content (AvgIpc) is 3.13. The molecule has 3 rings (SSSR count). The third-order valence-electron chi connectivity index (χ3n) is 4.96. The molecule has 1 N–H and O–H groups in total. The molecule has 30 heavy (non-hydrogen) atoms. The van der Waals surface area contributed by atoms with Crippen molar-refractivity contribution in [2.24, 2.45) is 0 Å². The van der Waals surface area contributed by atoms with Gasteiger partial charge in [0.2, 0.25) is 0 Å². The highest BCUT2D eigenvalue weighted by Crippen LogP contribution is 2.27. The Morgan fingerprint density at radius 3 is 2.43 bits per heavy atom. The molecule has 1 aliphatic heterocycles. The van der Waals surface area contributed by atoms with Gasteiger partial charge < -0.3 is 14.5 Å². The van der Waals surface area contributed by atoms with Crippen LogP contribution in [0.15, 0.2) is 34.7 Å². The van der Waals surface area contributed by atoms with Crippen molar-refractivity contribution in [3.05, 3.63) is 57.5 Å². The zero-order valence-corrected chi connectivity index (χ0v) is 18.1. The summed E-state index contributed by atoms with van der Waals surface area (Å²) in [6, 6.07) is 8.11. The van der Waals surface area contributed by atoms with Gasteiger partial charge in [-0.25, -0.2) is 4.39 Å². The van der Waals surface area contributed by atoms with E-state index in [1.54, 1.807) is 6.07 Å². The normalized spacial score (nSPS) is 16.3. The summed E-state index contributed by atoms with van der Waals surface area (Å²) in [5.41, 5.74) is -1.17. The van der Waals surface area contributed by atoms with Crippen LogP contribution in [0.3, 0.4) is 0 Å². The molecule has 0 bridgehead atoms. The molecule has 1 fully saturated rings. The Bertz CT molecular complexity index is 890. The second kappa shape index (κ2) is 9.81. The van der Waals surface area contributed by atoms with Crippen molar-refractivity contribution in [1.82, 2.24) is 10.2 Å². The number of alkyl halides is 1. The first-order valence-corrected chi connectivity index (χ1v) is 10.3. The van der Waals surface area contributed by atoms with E-state index in [9.17, 15) is 9.59 Å². The topological polar surface area (TPSA) is 71.8 Å². The van der Waals surface area contributed by atoms with Crippen LogP contribution in [0.4, 0.5) is 4.39 Å². The molecule has 0 radical (unpaired) electrons. The van der Waals surface area contributed by atoms with Gasteiger partial charge in [0.1, 0.15) is 23.8 Å². The standard InChI is InChI=1S/C21H23Cl2FN2O4/c1-14(27)29-12-19-3-2-18(30-19)11-26-6-4-21(24,5-7-26)13-25-20(28)15-8-16(22)10-17(23)9-15/h2-3,8-10H,4-7,11-13H2,1H3,(H,25,28). The molecule has 1 aromatic heterocycles. The van der Waals surface area contributed by atoms with Crippen LogP contribution in [-0.4, -0.2) is 42.1 Å². The summed E-state index contributed by atoms with van der Waals surface area (Å²) in [4.78, 5) is 25.2. The number of hydrogen-bond donors (Lipinski definition) is 1. The van der Waals surface area contributed by atoms with E-state index in [1.807, 2.05) is 6.07 Å². The number of halogens is 3. The molecule has 1 aromatic carbocycles. The third kappa shape index (κ3) is 6.45. The maximum Gasteiger partial charge on any atom is 0.303 e. The molecular weight excluding hydrogens is 434 g/mol. The van der Waals surface area contributed by atoms with Gasteiger partial charge in [0.25, 0.3) is 5.91 Å². The Morgan fingerprint density at radius 1 is 1.17 bits per heavy atom. The number of furan rings is 1. The Hall–Kier alpha value is -2.09. The number of rotatable bonds is 7. The van der Waals surface area contributed by atoms with Gasteiger partial charge >= 0.3 is 5.97 Å². The molecule has 0 saturated carbocycles. The predicted octanol–water partition coefficient (Wildman–Crippen LogP) is 4.38. The van der Waals surface area contributed by atoms with Crippen molar-refractivity contribution in [2.75, 3.05) is 19.6 Å². The van der Waals surface area contributed by atoms with E-state index in [4.69, 9.17) is 32.4 Å². The number of esters is 1. The summed E-state index contributed by atoms with van der Waals surface area (Å²) in [7, 11) is 0. The molecule has 9 heteroatoms. The highest BCUT2D eigenvalue weighted by Gasteiger charge is 2.35. The molecule has 0 atom stereocenters. The summed E-state index contributed by atoms with van der Waals surface area (Å²) in [6.07, 6.45) is 0.592. The van der Waals surface area contributed by atoms with Gasteiger partial charge in [-0.2, -0.15) is 0 Å². The molecule has 0 aliphatic carbocycles. The molecule has 1 amide bonds. The number of ether oxygens (including phenoxy) is 1. The number of nitrogens with zero attached hydrogens (tertiary/aromatic N) is 1. The number of carbonyl (C=O) groups is 2. The number of nitrogens with one attached hydrogen (secondary N) is 1. The maximum absolute atomic E-state index is 15.1. The molecule has 0 spiro atoms. The minimum atomic E-state index is -1.47. The molecule has 2 heterocycles. The Kier molecular flexibility index (Phi) is 7.39. The van der Waals surface area contributed by atoms with Gasteiger partial charge in [0, 0.05) is 35.6 Å². The van der Waals surface area contributed by atoms with Gasteiger partial charge in [-0.1, -0.05) is 23.2 Å². The second-order valence-electron chi connectivity index (χ2n) is 7.42. The van der Waals surface area contributed by atoms with Crippen molar-refractivity contribution < 1.29 is 23.1 Å². The van der Waals surface area contributed by atoms with Gasteiger partial charge in [-0.05, 0) is 43.2 Å². The molecular formula is C21H23Cl2FN2O4. The lowest BCUT2D eigenvalue weighted by Crippen LogP contribution is -2.48. The quantitative estimate of drug-likeness (QED) is 0.625. The minimum Gasteiger partial charge on any atom is -0.461 e. The van der Waals surface area contributed by atoms with Crippen LogP contribution < -0.4 is 5.32 Å². The van der Waals surface area contributed by atoms with Gasteiger partial charge in [0.15, 0.2) is 0 Å². The van der Waals surface area contributed by atoms with Crippen LogP contribution >= 0.6 is 23.2 Å². The fourth-order valence-electron chi connectivity index (χ4n) is 3.29. The largest absolute Gasteiger partial charge is 0.461 e. The third-order valence-corrected chi connectivity index (χ3v) is 5.39. The van der Waals surface area contributed by atoms with E-state index in [-0.39, 0.29) is 19.1 Å². The predicted molar refractivity (Wildman–Crippen MR) is 111 cm³/mol. The summed E-state index contributed by atoms with van der Waals surface area (Å²) in [5, 5.41) is 3.35. The number of piperidine rings is 1. The fourth-order valence-corrected chi connectivity index (χ4v) is 3.82. The SMILES string of the molecule is CC(=O)OCc1ccc(CN2CCC(F)(CNC(=O)c3cc(Cl)cc(Cl)c3)CC2)o1. The Balaban J connectivity index is 1.46. The number of likely N-dealkylation sites (tertiary alicyclic amines) is 1. The monoisotopic (exact) mass is 456 g/mol. The maximum atomic E-state index is 15.1. The molecule has 6 nitrogen and oxygen atoms in total. The summed E-state index contributed by atoms with van der Waals surface area (Å²) in [5.74, 6) is 0.527. The number of carbonyl (C=O) groups excluding carboxylic acids is 2. The van der Waals surface area contributed by atoms with Gasteiger partial charge in [-0.3, -0.25) is 14.5 Å². The lowest BCUT2D eigenvalue weighted by molar-refractivity contribution is -0.142. The molecule has 2 aromatic rings. The lowest BCUT2D eigenvalue weighted by atomic mass is 9.93. The number of hydrogen-bond acceptors (Lipinski definition) is 5. The first-order valence-electron chi connectivity index (χ1n) is 9.59. The first kappa shape index (κ1) is 22.6. The number of benzene rings is 1. The summed E-state index contributed by atoms with van der Waals surface area (Å²) >= 11 is 11.8. The van der Waals surface area contributed by atoms with Crippen molar-refractivity contribution in [3.8, 4) is 0 Å². The van der Waals surface area contributed by atoms with Crippen LogP contribution in [0, 0.1) is 0 Å².